The maximum absolute atomic E-state index is 4.49. The van der Waals surface area contributed by atoms with Crippen molar-refractivity contribution in [3.63, 3.8) is 0 Å². The average Bonchev–Trinajstić information content (AvgIpc) is 2.50. The predicted molar refractivity (Wildman–Crippen MR) is 72.2 cm³/mol. The van der Waals surface area contributed by atoms with Crippen molar-refractivity contribution in [1.29, 1.82) is 0 Å². The second kappa shape index (κ2) is 5.71. The van der Waals surface area contributed by atoms with Gasteiger partial charge in [0.2, 0.25) is 5.95 Å². The third kappa shape index (κ3) is 3.03. The van der Waals surface area contributed by atoms with Crippen LogP contribution in [0.1, 0.15) is 24.5 Å². The Hall–Kier alpha value is -2.08. The highest BCUT2D eigenvalue weighted by atomic mass is 15.1. The van der Waals surface area contributed by atoms with Crippen LogP contribution in [0.4, 0.5) is 11.8 Å². The summed E-state index contributed by atoms with van der Waals surface area (Å²) >= 11 is 0. The van der Waals surface area contributed by atoms with Gasteiger partial charge in [0.25, 0.3) is 0 Å². The van der Waals surface area contributed by atoms with E-state index >= 15 is 0 Å². The van der Waals surface area contributed by atoms with Crippen molar-refractivity contribution in [2.45, 2.75) is 18.8 Å². The SMILES string of the molecule is c1cnc(Nc2cnc(C3CCNCC3)cn2)nc1. The molecule has 1 aliphatic rings. The summed E-state index contributed by atoms with van der Waals surface area (Å²) in [5.74, 6) is 1.73. The van der Waals surface area contributed by atoms with Gasteiger partial charge in [0.05, 0.1) is 18.1 Å². The van der Waals surface area contributed by atoms with Crippen LogP contribution in [0.15, 0.2) is 30.9 Å². The molecule has 98 valence electrons. The Kier molecular flexibility index (Phi) is 3.60. The first-order chi connectivity index (χ1) is 9.42. The monoisotopic (exact) mass is 256 g/mol. The molecule has 0 spiro atoms. The summed E-state index contributed by atoms with van der Waals surface area (Å²) in [4.78, 5) is 17.0. The summed E-state index contributed by atoms with van der Waals surface area (Å²) in [5.41, 5.74) is 1.07. The largest absolute Gasteiger partial charge is 0.317 e. The molecule has 0 aliphatic carbocycles. The van der Waals surface area contributed by atoms with E-state index in [1.54, 1.807) is 24.7 Å². The van der Waals surface area contributed by atoms with E-state index in [1.165, 1.54) is 0 Å². The maximum Gasteiger partial charge on any atom is 0.228 e. The van der Waals surface area contributed by atoms with Crippen molar-refractivity contribution >= 4 is 11.8 Å². The first-order valence-corrected chi connectivity index (χ1v) is 6.48. The van der Waals surface area contributed by atoms with Gasteiger partial charge in [0.1, 0.15) is 0 Å². The molecule has 3 heterocycles. The number of hydrogen-bond acceptors (Lipinski definition) is 6. The summed E-state index contributed by atoms with van der Waals surface area (Å²) in [6, 6.07) is 1.77. The highest BCUT2D eigenvalue weighted by Gasteiger charge is 2.16. The minimum absolute atomic E-state index is 0.524. The second-order valence-electron chi connectivity index (χ2n) is 4.55. The molecule has 0 unspecified atom stereocenters. The summed E-state index contributed by atoms with van der Waals surface area (Å²) in [7, 11) is 0. The summed E-state index contributed by atoms with van der Waals surface area (Å²) in [6.45, 7) is 2.12. The zero-order valence-corrected chi connectivity index (χ0v) is 10.6. The van der Waals surface area contributed by atoms with Crippen molar-refractivity contribution in [3.8, 4) is 0 Å². The van der Waals surface area contributed by atoms with Crippen molar-refractivity contribution in [2.24, 2.45) is 0 Å². The smallest absolute Gasteiger partial charge is 0.228 e. The standard InChI is InChI=1S/C13H16N6/c1-4-15-13(16-5-1)19-12-9-17-11(8-18-12)10-2-6-14-7-3-10/h1,4-5,8-10,14H,2-3,6-7H2,(H,15,16,18,19). The van der Waals surface area contributed by atoms with Gasteiger partial charge in [0, 0.05) is 18.3 Å². The zero-order valence-electron chi connectivity index (χ0n) is 10.6. The fraction of sp³-hybridized carbons (Fsp3) is 0.385. The van der Waals surface area contributed by atoms with Gasteiger partial charge >= 0.3 is 0 Å². The molecule has 1 fully saturated rings. The Balaban J connectivity index is 1.68. The first kappa shape index (κ1) is 12.0. The van der Waals surface area contributed by atoms with Gasteiger partial charge in [-0.25, -0.2) is 15.0 Å². The van der Waals surface area contributed by atoms with Crippen LogP contribution in [0.5, 0.6) is 0 Å². The summed E-state index contributed by atoms with van der Waals surface area (Å²) in [5, 5.41) is 6.38. The van der Waals surface area contributed by atoms with E-state index in [0.717, 1.165) is 31.6 Å². The molecular formula is C13H16N6. The molecule has 3 rings (SSSR count). The van der Waals surface area contributed by atoms with E-state index in [0.29, 0.717) is 17.7 Å². The molecule has 0 amide bonds. The number of anilines is 2. The lowest BCUT2D eigenvalue weighted by atomic mass is 9.95. The summed E-state index contributed by atoms with van der Waals surface area (Å²) in [6.07, 6.45) is 9.22. The van der Waals surface area contributed by atoms with Crippen LogP contribution in [-0.2, 0) is 0 Å². The van der Waals surface area contributed by atoms with Crippen molar-refractivity contribution in [1.82, 2.24) is 25.3 Å². The minimum atomic E-state index is 0.524. The Bertz CT molecular complexity index is 506. The van der Waals surface area contributed by atoms with Gasteiger partial charge in [-0.1, -0.05) is 0 Å². The van der Waals surface area contributed by atoms with E-state index in [-0.39, 0.29) is 0 Å². The van der Waals surface area contributed by atoms with Gasteiger partial charge in [-0.3, -0.25) is 4.98 Å². The number of piperidine rings is 1. The average molecular weight is 256 g/mol. The molecular weight excluding hydrogens is 240 g/mol. The van der Waals surface area contributed by atoms with Crippen LogP contribution in [0, 0.1) is 0 Å². The van der Waals surface area contributed by atoms with E-state index in [1.807, 2.05) is 6.20 Å². The Morgan fingerprint density at radius 1 is 1.00 bits per heavy atom. The van der Waals surface area contributed by atoms with Crippen LogP contribution in [-0.4, -0.2) is 33.0 Å². The molecule has 1 aliphatic heterocycles. The van der Waals surface area contributed by atoms with Gasteiger partial charge in [-0.2, -0.15) is 0 Å². The maximum atomic E-state index is 4.49. The quantitative estimate of drug-likeness (QED) is 0.866. The van der Waals surface area contributed by atoms with Crippen molar-refractivity contribution < 1.29 is 0 Å². The summed E-state index contributed by atoms with van der Waals surface area (Å²) < 4.78 is 0. The molecule has 2 aromatic rings. The highest BCUT2D eigenvalue weighted by molar-refractivity contribution is 5.45. The van der Waals surface area contributed by atoms with Crippen LogP contribution in [0.3, 0.4) is 0 Å². The number of aromatic nitrogens is 4. The zero-order chi connectivity index (χ0) is 12.9. The second-order valence-corrected chi connectivity index (χ2v) is 4.55. The lowest BCUT2D eigenvalue weighted by molar-refractivity contribution is 0.452. The van der Waals surface area contributed by atoms with E-state index in [9.17, 15) is 0 Å². The molecule has 6 nitrogen and oxygen atoms in total. The number of nitrogens with one attached hydrogen (secondary N) is 2. The van der Waals surface area contributed by atoms with Crippen LogP contribution >= 0.6 is 0 Å². The Morgan fingerprint density at radius 2 is 1.79 bits per heavy atom. The fourth-order valence-electron chi connectivity index (χ4n) is 2.21. The highest BCUT2D eigenvalue weighted by Crippen LogP contribution is 2.23. The van der Waals surface area contributed by atoms with Crippen LogP contribution in [0.25, 0.3) is 0 Å². The van der Waals surface area contributed by atoms with E-state index in [2.05, 4.69) is 30.6 Å². The molecule has 6 heteroatoms. The van der Waals surface area contributed by atoms with Crippen LogP contribution in [0.2, 0.25) is 0 Å². The molecule has 0 aromatic carbocycles. The van der Waals surface area contributed by atoms with Crippen LogP contribution < -0.4 is 10.6 Å². The van der Waals surface area contributed by atoms with E-state index in [4.69, 9.17) is 0 Å². The lowest BCUT2D eigenvalue weighted by Crippen LogP contribution is -2.27. The topological polar surface area (TPSA) is 75.6 Å². The number of rotatable bonds is 3. The first-order valence-electron chi connectivity index (χ1n) is 6.48. The number of nitrogens with zero attached hydrogens (tertiary/aromatic N) is 4. The van der Waals surface area contributed by atoms with Gasteiger partial charge in [0.15, 0.2) is 5.82 Å². The van der Waals surface area contributed by atoms with E-state index < -0.39 is 0 Å². The molecule has 0 atom stereocenters. The molecule has 0 saturated carbocycles. The molecule has 2 N–H and O–H groups in total. The third-order valence-electron chi connectivity index (χ3n) is 3.23. The Labute approximate surface area is 111 Å². The third-order valence-corrected chi connectivity index (χ3v) is 3.23. The predicted octanol–water partition coefficient (Wildman–Crippen LogP) is 1.48. The number of hydrogen-bond donors (Lipinski definition) is 2. The lowest BCUT2D eigenvalue weighted by Gasteiger charge is -2.21. The minimum Gasteiger partial charge on any atom is -0.317 e. The fourth-order valence-corrected chi connectivity index (χ4v) is 2.21. The van der Waals surface area contributed by atoms with Gasteiger partial charge < -0.3 is 10.6 Å². The molecule has 2 aromatic heterocycles. The van der Waals surface area contributed by atoms with Gasteiger partial charge in [-0.15, -0.1) is 0 Å². The van der Waals surface area contributed by atoms with Crippen molar-refractivity contribution in [2.75, 3.05) is 18.4 Å². The molecule has 0 bridgehead atoms. The molecule has 19 heavy (non-hydrogen) atoms. The molecule has 1 saturated heterocycles. The normalized spacial score (nSPS) is 16.2. The molecule has 0 radical (unpaired) electrons. The Morgan fingerprint density at radius 3 is 2.47 bits per heavy atom. The van der Waals surface area contributed by atoms with Crippen molar-refractivity contribution in [3.05, 3.63) is 36.5 Å². The van der Waals surface area contributed by atoms with Gasteiger partial charge in [-0.05, 0) is 32.0 Å².